The molecule has 3 aromatic rings. The quantitative estimate of drug-likeness (QED) is 0.620. The SMILES string of the molecule is Cc1cc(-c2cc3c(nnn3C)c(C#N)n2)ccc1OCCN(C)C(=O)OC(C)(C)C. The molecule has 0 fully saturated rings. The lowest BCUT2D eigenvalue weighted by atomic mass is 10.1. The van der Waals surface area contributed by atoms with E-state index in [1.165, 1.54) is 4.90 Å². The number of amides is 1. The average molecular weight is 422 g/mol. The van der Waals surface area contributed by atoms with E-state index in [0.717, 1.165) is 16.6 Å². The van der Waals surface area contributed by atoms with Gasteiger partial charge in [-0.1, -0.05) is 5.21 Å². The molecule has 0 radical (unpaired) electrons. The molecule has 0 bridgehead atoms. The Labute approximate surface area is 181 Å². The Balaban J connectivity index is 1.71. The van der Waals surface area contributed by atoms with Gasteiger partial charge in [-0.15, -0.1) is 5.10 Å². The van der Waals surface area contributed by atoms with Crippen molar-refractivity contribution in [1.29, 1.82) is 5.26 Å². The number of rotatable bonds is 5. The summed E-state index contributed by atoms with van der Waals surface area (Å²) in [6, 6.07) is 9.65. The summed E-state index contributed by atoms with van der Waals surface area (Å²) in [6.45, 7) is 8.16. The molecule has 31 heavy (non-hydrogen) atoms. The van der Waals surface area contributed by atoms with Crippen LogP contribution < -0.4 is 4.74 Å². The van der Waals surface area contributed by atoms with Gasteiger partial charge < -0.3 is 14.4 Å². The predicted molar refractivity (Wildman–Crippen MR) is 116 cm³/mol. The Hall–Kier alpha value is -3.67. The van der Waals surface area contributed by atoms with Crippen molar-refractivity contribution in [2.24, 2.45) is 7.05 Å². The summed E-state index contributed by atoms with van der Waals surface area (Å²) in [6.07, 6.45) is -0.386. The van der Waals surface area contributed by atoms with E-state index in [1.807, 2.05) is 52.0 Å². The van der Waals surface area contributed by atoms with Gasteiger partial charge in [0.05, 0.1) is 17.8 Å². The van der Waals surface area contributed by atoms with Gasteiger partial charge in [0.15, 0.2) is 5.69 Å². The van der Waals surface area contributed by atoms with E-state index in [9.17, 15) is 10.1 Å². The van der Waals surface area contributed by atoms with Gasteiger partial charge in [-0.3, -0.25) is 0 Å². The third kappa shape index (κ3) is 5.09. The number of aryl methyl sites for hydroxylation is 2. The van der Waals surface area contributed by atoms with Gasteiger partial charge >= 0.3 is 6.09 Å². The third-order valence-corrected chi connectivity index (χ3v) is 4.57. The molecule has 3 rings (SSSR count). The Bertz CT molecular complexity index is 1160. The molecule has 0 aliphatic heterocycles. The van der Waals surface area contributed by atoms with Gasteiger partial charge in [0.2, 0.25) is 0 Å². The van der Waals surface area contributed by atoms with Crippen LogP contribution in [0.25, 0.3) is 22.3 Å². The molecule has 0 N–H and O–H groups in total. The zero-order chi connectivity index (χ0) is 22.8. The van der Waals surface area contributed by atoms with Crippen LogP contribution in [0.5, 0.6) is 5.75 Å². The van der Waals surface area contributed by atoms with Crippen LogP contribution >= 0.6 is 0 Å². The molecule has 0 atom stereocenters. The lowest BCUT2D eigenvalue weighted by Crippen LogP contribution is -2.36. The molecule has 2 heterocycles. The lowest BCUT2D eigenvalue weighted by Gasteiger charge is -2.24. The summed E-state index contributed by atoms with van der Waals surface area (Å²) >= 11 is 0. The molecule has 0 unspecified atom stereocenters. The van der Waals surface area contributed by atoms with Gasteiger partial charge in [0.1, 0.15) is 29.5 Å². The Morgan fingerprint density at radius 2 is 2.03 bits per heavy atom. The summed E-state index contributed by atoms with van der Waals surface area (Å²) in [4.78, 5) is 17.9. The monoisotopic (exact) mass is 422 g/mol. The number of benzene rings is 1. The van der Waals surface area contributed by atoms with E-state index in [0.29, 0.717) is 30.1 Å². The largest absolute Gasteiger partial charge is 0.491 e. The lowest BCUT2D eigenvalue weighted by molar-refractivity contribution is 0.0278. The third-order valence-electron chi connectivity index (χ3n) is 4.57. The highest BCUT2D eigenvalue weighted by molar-refractivity contribution is 5.83. The topological polar surface area (TPSA) is 106 Å². The molecule has 0 aliphatic rings. The number of aromatic nitrogens is 4. The molecule has 9 heteroatoms. The van der Waals surface area contributed by atoms with Crippen molar-refractivity contribution in [2.75, 3.05) is 20.2 Å². The molecule has 1 amide bonds. The minimum atomic E-state index is -0.535. The van der Waals surface area contributed by atoms with Crippen LogP contribution in [0.15, 0.2) is 24.3 Å². The van der Waals surface area contributed by atoms with Gasteiger partial charge in [-0.2, -0.15) is 5.26 Å². The first-order chi connectivity index (χ1) is 14.6. The molecule has 2 aromatic heterocycles. The zero-order valence-electron chi connectivity index (χ0n) is 18.6. The highest BCUT2D eigenvalue weighted by Crippen LogP contribution is 2.27. The van der Waals surface area contributed by atoms with Crippen LogP contribution in [-0.4, -0.2) is 56.8 Å². The molecule has 162 valence electrons. The normalized spacial score (nSPS) is 11.3. The van der Waals surface area contributed by atoms with Gasteiger partial charge in [-0.25, -0.2) is 14.5 Å². The maximum atomic E-state index is 12.0. The predicted octanol–water partition coefficient (Wildman–Crippen LogP) is 3.46. The average Bonchev–Trinajstić information content (AvgIpc) is 3.08. The van der Waals surface area contributed by atoms with Crippen molar-refractivity contribution >= 4 is 17.1 Å². The van der Waals surface area contributed by atoms with Crippen molar-refractivity contribution in [2.45, 2.75) is 33.3 Å². The minimum Gasteiger partial charge on any atom is -0.491 e. The number of ether oxygens (including phenoxy) is 2. The fourth-order valence-corrected chi connectivity index (χ4v) is 2.95. The van der Waals surface area contributed by atoms with Gasteiger partial charge in [-0.05, 0) is 57.5 Å². The molecule has 9 nitrogen and oxygen atoms in total. The van der Waals surface area contributed by atoms with E-state index < -0.39 is 5.60 Å². The van der Waals surface area contributed by atoms with Crippen molar-refractivity contribution in [3.8, 4) is 23.1 Å². The highest BCUT2D eigenvalue weighted by Gasteiger charge is 2.19. The van der Waals surface area contributed by atoms with Crippen LogP contribution in [0, 0.1) is 18.3 Å². The van der Waals surface area contributed by atoms with Gasteiger partial charge in [0, 0.05) is 19.7 Å². The van der Waals surface area contributed by atoms with Crippen molar-refractivity contribution in [1.82, 2.24) is 24.9 Å². The molecule has 0 spiro atoms. The minimum absolute atomic E-state index is 0.240. The summed E-state index contributed by atoms with van der Waals surface area (Å²) in [5.74, 6) is 0.713. The standard InChI is InChI=1S/C22H26N6O3/c1-14-11-15(16-12-18-20(17(13-23)24-16)25-26-28(18)6)7-8-19(14)30-10-9-27(5)21(29)31-22(2,3)4/h7-8,11-12H,9-10H2,1-6H3. The number of hydrogen-bond acceptors (Lipinski definition) is 7. The van der Waals surface area contributed by atoms with E-state index in [1.54, 1.807) is 18.8 Å². The number of nitrogens with zero attached hydrogens (tertiary/aromatic N) is 6. The van der Waals surface area contributed by atoms with E-state index in [4.69, 9.17) is 9.47 Å². The van der Waals surface area contributed by atoms with E-state index in [-0.39, 0.29) is 11.8 Å². The number of fused-ring (bicyclic) bond motifs is 1. The van der Waals surface area contributed by atoms with Crippen molar-refractivity contribution in [3.05, 3.63) is 35.5 Å². The summed E-state index contributed by atoms with van der Waals surface area (Å²) in [5, 5.41) is 17.4. The van der Waals surface area contributed by atoms with Crippen LogP contribution in [0.4, 0.5) is 4.79 Å². The van der Waals surface area contributed by atoms with Crippen LogP contribution in [0.1, 0.15) is 32.0 Å². The maximum Gasteiger partial charge on any atom is 0.410 e. The first-order valence-electron chi connectivity index (χ1n) is 9.87. The number of carbonyl (C=O) groups excluding carboxylic acids is 1. The number of likely N-dealkylation sites (N-methyl/N-ethyl adjacent to an activating group) is 1. The molecule has 0 aliphatic carbocycles. The van der Waals surface area contributed by atoms with Crippen LogP contribution in [0.3, 0.4) is 0 Å². The molecule has 0 saturated heterocycles. The van der Waals surface area contributed by atoms with Crippen LogP contribution in [0.2, 0.25) is 0 Å². The molecular formula is C22H26N6O3. The Kier molecular flexibility index (Phi) is 6.11. The Morgan fingerprint density at radius 3 is 2.68 bits per heavy atom. The highest BCUT2D eigenvalue weighted by atomic mass is 16.6. The number of nitriles is 1. The first kappa shape index (κ1) is 22.0. The van der Waals surface area contributed by atoms with Crippen LogP contribution in [-0.2, 0) is 11.8 Å². The number of carbonyl (C=O) groups is 1. The van der Waals surface area contributed by atoms with Crippen molar-refractivity contribution < 1.29 is 14.3 Å². The summed E-state index contributed by atoms with van der Waals surface area (Å²) < 4.78 is 12.8. The summed E-state index contributed by atoms with van der Waals surface area (Å²) in [5.41, 5.74) is 3.37. The number of hydrogen-bond donors (Lipinski definition) is 0. The second kappa shape index (κ2) is 8.60. The second-order valence-corrected chi connectivity index (χ2v) is 8.28. The fraction of sp³-hybridized carbons (Fsp3) is 0.409. The van der Waals surface area contributed by atoms with Crippen molar-refractivity contribution in [3.63, 3.8) is 0 Å². The Morgan fingerprint density at radius 1 is 1.29 bits per heavy atom. The smallest absolute Gasteiger partial charge is 0.410 e. The zero-order valence-corrected chi connectivity index (χ0v) is 18.6. The maximum absolute atomic E-state index is 12.0. The molecule has 1 aromatic carbocycles. The van der Waals surface area contributed by atoms with E-state index >= 15 is 0 Å². The summed E-state index contributed by atoms with van der Waals surface area (Å²) in [7, 11) is 3.45. The number of pyridine rings is 1. The fourth-order valence-electron chi connectivity index (χ4n) is 2.95. The molecular weight excluding hydrogens is 396 g/mol. The van der Waals surface area contributed by atoms with E-state index in [2.05, 4.69) is 21.4 Å². The molecule has 0 saturated carbocycles. The first-order valence-corrected chi connectivity index (χ1v) is 9.87. The van der Waals surface area contributed by atoms with Gasteiger partial charge in [0.25, 0.3) is 0 Å². The second-order valence-electron chi connectivity index (χ2n) is 8.28.